The largest absolute Gasteiger partial charge is 0.476 e. The minimum Gasteiger partial charge on any atom is -0.476 e. The van der Waals surface area contributed by atoms with E-state index < -0.39 is 17.2 Å². The summed E-state index contributed by atoms with van der Waals surface area (Å²) in [4.78, 5) is 28.3. The van der Waals surface area contributed by atoms with Gasteiger partial charge in [0.05, 0.1) is 5.69 Å². The van der Waals surface area contributed by atoms with Gasteiger partial charge in [-0.3, -0.25) is 4.79 Å². The minimum absolute atomic E-state index is 0.398. The van der Waals surface area contributed by atoms with Gasteiger partial charge in [0, 0.05) is 5.69 Å². The Bertz CT molecular complexity index is 436. The third kappa shape index (κ3) is 1.41. The van der Waals surface area contributed by atoms with Gasteiger partial charge in [-0.05, 0) is 25.7 Å². The molecule has 1 aromatic rings. The number of nitrogens with zero attached hydrogens (tertiary/aromatic N) is 1. The highest BCUT2D eigenvalue weighted by Crippen LogP contribution is 2.15. The van der Waals surface area contributed by atoms with Crippen molar-refractivity contribution in [3.63, 3.8) is 0 Å². The van der Waals surface area contributed by atoms with Crippen molar-refractivity contribution < 1.29 is 9.90 Å². The maximum Gasteiger partial charge on any atom is 0.360 e. The van der Waals surface area contributed by atoms with E-state index in [0.29, 0.717) is 0 Å². The van der Waals surface area contributed by atoms with Crippen LogP contribution in [0.2, 0.25) is 0 Å². The molecule has 0 unspecified atom stereocenters. The molecule has 0 saturated heterocycles. The smallest absolute Gasteiger partial charge is 0.360 e. The predicted molar refractivity (Wildman–Crippen MR) is 48.5 cm³/mol. The molecule has 0 amide bonds. The molecule has 1 aliphatic rings. The SMILES string of the molecule is O=C(O)c1nc2c([nH]c1=O)CCCC2. The number of H-pyrrole nitrogens is 1. The van der Waals surface area contributed by atoms with E-state index in [2.05, 4.69) is 9.97 Å². The second-order valence-corrected chi connectivity index (χ2v) is 3.35. The standard InChI is InChI=1S/C9H10N2O3/c12-8-7(9(13)14)10-5-3-1-2-4-6(5)11-8/h1-4H2,(H,11,12)(H,13,14). The van der Waals surface area contributed by atoms with Gasteiger partial charge in [-0.1, -0.05) is 0 Å². The summed E-state index contributed by atoms with van der Waals surface area (Å²) < 4.78 is 0. The first-order chi connectivity index (χ1) is 6.68. The van der Waals surface area contributed by atoms with Gasteiger partial charge in [0.1, 0.15) is 0 Å². The molecule has 0 spiro atoms. The van der Waals surface area contributed by atoms with Crippen molar-refractivity contribution in [1.29, 1.82) is 0 Å². The molecule has 0 atom stereocenters. The lowest BCUT2D eigenvalue weighted by molar-refractivity contribution is 0.0687. The summed E-state index contributed by atoms with van der Waals surface area (Å²) in [6, 6.07) is 0. The fourth-order valence-electron chi connectivity index (χ4n) is 1.67. The fourth-order valence-corrected chi connectivity index (χ4v) is 1.67. The average Bonchev–Trinajstić information content (AvgIpc) is 2.16. The van der Waals surface area contributed by atoms with Crippen LogP contribution in [0.3, 0.4) is 0 Å². The number of aryl methyl sites for hydroxylation is 2. The topological polar surface area (TPSA) is 83.0 Å². The number of carboxylic acid groups (broad SMARTS) is 1. The third-order valence-corrected chi connectivity index (χ3v) is 2.37. The van der Waals surface area contributed by atoms with E-state index in [4.69, 9.17) is 5.11 Å². The molecule has 2 N–H and O–H groups in total. The van der Waals surface area contributed by atoms with Crippen LogP contribution in [0.1, 0.15) is 34.7 Å². The summed E-state index contributed by atoms with van der Waals surface area (Å²) in [6.07, 6.45) is 3.58. The molecule has 1 heterocycles. The van der Waals surface area contributed by atoms with E-state index in [1.165, 1.54) is 0 Å². The minimum atomic E-state index is -1.26. The van der Waals surface area contributed by atoms with Crippen molar-refractivity contribution in [3.05, 3.63) is 27.4 Å². The van der Waals surface area contributed by atoms with Crippen molar-refractivity contribution in [2.45, 2.75) is 25.7 Å². The van der Waals surface area contributed by atoms with Crippen molar-refractivity contribution in [1.82, 2.24) is 9.97 Å². The number of nitrogens with one attached hydrogen (secondary N) is 1. The molecule has 0 aromatic carbocycles. The Hall–Kier alpha value is -1.65. The Balaban J connectivity index is 2.56. The molecule has 5 nitrogen and oxygen atoms in total. The normalized spacial score (nSPS) is 14.9. The zero-order valence-electron chi connectivity index (χ0n) is 7.54. The number of fused-ring (bicyclic) bond motifs is 1. The predicted octanol–water partition coefficient (Wildman–Crippen LogP) is 0.347. The number of rotatable bonds is 1. The number of carbonyl (C=O) groups is 1. The third-order valence-electron chi connectivity index (χ3n) is 2.37. The zero-order valence-corrected chi connectivity index (χ0v) is 7.54. The van der Waals surface area contributed by atoms with Gasteiger partial charge in [-0.2, -0.15) is 0 Å². The first-order valence-corrected chi connectivity index (χ1v) is 4.54. The van der Waals surface area contributed by atoms with Crippen LogP contribution >= 0.6 is 0 Å². The summed E-state index contributed by atoms with van der Waals surface area (Å²) in [5, 5.41) is 8.68. The maximum atomic E-state index is 11.2. The molecule has 14 heavy (non-hydrogen) atoms. The van der Waals surface area contributed by atoms with Crippen LogP contribution in [0.15, 0.2) is 4.79 Å². The highest BCUT2D eigenvalue weighted by atomic mass is 16.4. The fraction of sp³-hybridized carbons (Fsp3) is 0.444. The number of aromatic amines is 1. The zero-order chi connectivity index (χ0) is 10.1. The second-order valence-electron chi connectivity index (χ2n) is 3.35. The van der Waals surface area contributed by atoms with Gasteiger partial charge in [0.2, 0.25) is 5.69 Å². The Kier molecular flexibility index (Phi) is 2.07. The van der Waals surface area contributed by atoms with E-state index in [-0.39, 0.29) is 0 Å². The molecule has 74 valence electrons. The summed E-state index contributed by atoms with van der Waals surface area (Å²) in [6.45, 7) is 0. The number of hydrogen-bond acceptors (Lipinski definition) is 3. The van der Waals surface area contributed by atoms with Crippen LogP contribution in [0.4, 0.5) is 0 Å². The number of carboxylic acids is 1. The lowest BCUT2D eigenvalue weighted by Gasteiger charge is -2.13. The lowest BCUT2D eigenvalue weighted by Crippen LogP contribution is -2.25. The van der Waals surface area contributed by atoms with Crippen molar-refractivity contribution in [2.24, 2.45) is 0 Å². The summed E-state index contributed by atoms with van der Waals surface area (Å²) in [7, 11) is 0. The summed E-state index contributed by atoms with van der Waals surface area (Å²) in [5.41, 5.74) is 0.531. The van der Waals surface area contributed by atoms with Crippen molar-refractivity contribution in [3.8, 4) is 0 Å². The van der Waals surface area contributed by atoms with Crippen LogP contribution in [0.5, 0.6) is 0 Å². The van der Waals surface area contributed by atoms with Gasteiger partial charge in [0.25, 0.3) is 5.56 Å². The Morgan fingerprint density at radius 1 is 1.36 bits per heavy atom. The highest BCUT2D eigenvalue weighted by Gasteiger charge is 2.17. The number of aromatic carboxylic acids is 1. The van der Waals surface area contributed by atoms with Crippen LogP contribution < -0.4 is 5.56 Å². The Morgan fingerprint density at radius 3 is 2.79 bits per heavy atom. The van der Waals surface area contributed by atoms with E-state index in [9.17, 15) is 9.59 Å². The molecule has 2 rings (SSSR count). The average molecular weight is 194 g/mol. The van der Waals surface area contributed by atoms with E-state index in [1.54, 1.807) is 0 Å². The second kappa shape index (κ2) is 3.25. The van der Waals surface area contributed by atoms with Gasteiger partial charge in [0.15, 0.2) is 0 Å². The van der Waals surface area contributed by atoms with E-state index in [1.807, 2.05) is 0 Å². The first-order valence-electron chi connectivity index (χ1n) is 4.54. The maximum absolute atomic E-state index is 11.2. The van der Waals surface area contributed by atoms with Gasteiger partial charge in [-0.15, -0.1) is 0 Å². The summed E-state index contributed by atoms with van der Waals surface area (Å²) in [5.74, 6) is -1.26. The van der Waals surface area contributed by atoms with Gasteiger partial charge >= 0.3 is 5.97 Å². The molecule has 1 aromatic heterocycles. The molecule has 1 aliphatic carbocycles. The first kappa shape index (κ1) is 8.93. The summed E-state index contributed by atoms with van der Waals surface area (Å²) >= 11 is 0. The molecule has 5 heteroatoms. The van der Waals surface area contributed by atoms with E-state index >= 15 is 0 Å². The molecule has 0 radical (unpaired) electrons. The van der Waals surface area contributed by atoms with Crippen molar-refractivity contribution >= 4 is 5.97 Å². The van der Waals surface area contributed by atoms with Crippen LogP contribution in [-0.4, -0.2) is 21.0 Å². The lowest BCUT2D eigenvalue weighted by atomic mass is 10.0. The molecule has 0 fully saturated rings. The molecule has 0 bridgehead atoms. The highest BCUT2D eigenvalue weighted by molar-refractivity contribution is 5.84. The Labute approximate surface area is 79.8 Å². The molecular weight excluding hydrogens is 184 g/mol. The molecule has 0 saturated carbocycles. The van der Waals surface area contributed by atoms with Crippen LogP contribution in [-0.2, 0) is 12.8 Å². The van der Waals surface area contributed by atoms with Crippen LogP contribution in [0.25, 0.3) is 0 Å². The van der Waals surface area contributed by atoms with Crippen LogP contribution in [0, 0.1) is 0 Å². The Morgan fingerprint density at radius 2 is 2.07 bits per heavy atom. The van der Waals surface area contributed by atoms with Crippen molar-refractivity contribution in [2.75, 3.05) is 0 Å². The number of hydrogen-bond donors (Lipinski definition) is 2. The van der Waals surface area contributed by atoms with Gasteiger partial charge in [-0.25, -0.2) is 9.78 Å². The monoisotopic (exact) mass is 194 g/mol. The van der Waals surface area contributed by atoms with E-state index in [0.717, 1.165) is 37.1 Å². The molecular formula is C9H10N2O3. The molecule has 0 aliphatic heterocycles. The van der Waals surface area contributed by atoms with Gasteiger partial charge < -0.3 is 10.1 Å². The number of aromatic nitrogens is 2. The quantitative estimate of drug-likeness (QED) is 0.675.